The number of nitrogens with one attached hydrogen (secondary N) is 2. The maximum absolute atomic E-state index is 5.78. The van der Waals surface area contributed by atoms with Crippen molar-refractivity contribution in [2.24, 2.45) is 5.92 Å². The van der Waals surface area contributed by atoms with Gasteiger partial charge in [-0.2, -0.15) is 0 Å². The maximum atomic E-state index is 5.78. The van der Waals surface area contributed by atoms with Crippen molar-refractivity contribution in [2.45, 2.75) is 26.1 Å². The molecule has 0 amide bonds. The Hall–Kier alpha value is -0.870. The van der Waals surface area contributed by atoms with E-state index in [1.807, 2.05) is 6.20 Å². The lowest BCUT2D eigenvalue weighted by atomic mass is 9.97. The second kappa shape index (κ2) is 4.57. The van der Waals surface area contributed by atoms with Crippen LogP contribution in [0.15, 0.2) is 12.4 Å². The molecule has 1 saturated heterocycles. The Labute approximate surface area is 84.1 Å². The molecule has 2 heterocycles. The van der Waals surface area contributed by atoms with Crippen LogP contribution in [-0.2, 0) is 11.3 Å². The average Bonchev–Trinajstić information content (AvgIpc) is 2.69. The fourth-order valence-electron chi connectivity index (χ4n) is 1.75. The molecule has 0 bridgehead atoms. The monoisotopic (exact) mass is 195 g/mol. The van der Waals surface area contributed by atoms with Crippen molar-refractivity contribution in [3.05, 3.63) is 18.2 Å². The summed E-state index contributed by atoms with van der Waals surface area (Å²) < 4.78 is 5.78. The van der Waals surface area contributed by atoms with E-state index in [1.165, 1.54) is 6.42 Å². The summed E-state index contributed by atoms with van der Waals surface area (Å²) in [6, 6.07) is 0. The van der Waals surface area contributed by atoms with E-state index in [1.54, 1.807) is 6.20 Å². The van der Waals surface area contributed by atoms with Gasteiger partial charge in [0.1, 0.15) is 12.4 Å². The summed E-state index contributed by atoms with van der Waals surface area (Å²) >= 11 is 0. The zero-order valence-corrected chi connectivity index (χ0v) is 8.49. The average molecular weight is 195 g/mol. The second-order valence-electron chi connectivity index (χ2n) is 3.86. The van der Waals surface area contributed by atoms with Gasteiger partial charge in [-0.05, 0) is 18.9 Å². The number of nitrogens with zero attached hydrogens (tertiary/aromatic N) is 1. The van der Waals surface area contributed by atoms with Gasteiger partial charge in [0.15, 0.2) is 0 Å². The normalized spacial score (nSPS) is 27.8. The van der Waals surface area contributed by atoms with Crippen LogP contribution in [0.4, 0.5) is 0 Å². The number of aromatic nitrogens is 2. The van der Waals surface area contributed by atoms with Gasteiger partial charge in [0.05, 0.1) is 6.10 Å². The van der Waals surface area contributed by atoms with Gasteiger partial charge in [-0.15, -0.1) is 0 Å². The Balaban J connectivity index is 1.79. The van der Waals surface area contributed by atoms with Crippen LogP contribution >= 0.6 is 0 Å². The number of hydrogen-bond acceptors (Lipinski definition) is 3. The zero-order valence-electron chi connectivity index (χ0n) is 8.49. The molecule has 0 aromatic carbocycles. The topological polar surface area (TPSA) is 49.9 Å². The van der Waals surface area contributed by atoms with Gasteiger partial charge >= 0.3 is 0 Å². The van der Waals surface area contributed by atoms with Crippen LogP contribution in [0.2, 0.25) is 0 Å². The van der Waals surface area contributed by atoms with Gasteiger partial charge in [0, 0.05) is 18.9 Å². The zero-order chi connectivity index (χ0) is 9.80. The first kappa shape index (κ1) is 9.68. The smallest absolute Gasteiger partial charge is 0.132 e. The Morgan fingerprint density at radius 2 is 2.57 bits per heavy atom. The van der Waals surface area contributed by atoms with Gasteiger partial charge in [0.25, 0.3) is 0 Å². The second-order valence-corrected chi connectivity index (χ2v) is 3.86. The minimum Gasteiger partial charge on any atom is -0.369 e. The van der Waals surface area contributed by atoms with Crippen LogP contribution < -0.4 is 5.32 Å². The molecular weight excluding hydrogens is 178 g/mol. The van der Waals surface area contributed by atoms with Crippen LogP contribution in [0, 0.1) is 5.92 Å². The van der Waals surface area contributed by atoms with Gasteiger partial charge in [-0.3, -0.25) is 0 Å². The molecule has 1 aliphatic heterocycles. The van der Waals surface area contributed by atoms with Crippen LogP contribution in [0.25, 0.3) is 0 Å². The number of ether oxygens (including phenoxy) is 1. The molecule has 2 atom stereocenters. The van der Waals surface area contributed by atoms with E-state index in [0.29, 0.717) is 18.6 Å². The molecule has 4 heteroatoms. The largest absolute Gasteiger partial charge is 0.369 e. The van der Waals surface area contributed by atoms with Crippen molar-refractivity contribution in [3.63, 3.8) is 0 Å². The molecule has 0 saturated carbocycles. The summed E-state index contributed by atoms with van der Waals surface area (Å²) in [5.41, 5.74) is 0. The molecule has 1 aromatic rings. The third kappa shape index (κ3) is 2.33. The van der Waals surface area contributed by atoms with E-state index >= 15 is 0 Å². The third-order valence-corrected chi connectivity index (χ3v) is 2.75. The minimum atomic E-state index is 0.328. The quantitative estimate of drug-likeness (QED) is 0.754. The number of piperidine rings is 1. The molecular formula is C10H17N3O. The van der Waals surface area contributed by atoms with E-state index < -0.39 is 0 Å². The van der Waals surface area contributed by atoms with E-state index in [-0.39, 0.29) is 0 Å². The predicted octanol–water partition coefficient (Wildman–Crippen LogP) is 0.924. The van der Waals surface area contributed by atoms with Gasteiger partial charge in [-0.1, -0.05) is 6.92 Å². The molecule has 4 nitrogen and oxygen atoms in total. The molecule has 0 aliphatic carbocycles. The lowest BCUT2D eigenvalue weighted by Crippen LogP contribution is -2.41. The van der Waals surface area contributed by atoms with Crippen molar-refractivity contribution in [3.8, 4) is 0 Å². The van der Waals surface area contributed by atoms with Crippen LogP contribution in [0.5, 0.6) is 0 Å². The molecule has 1 aromatic heterocycles. The summed E-state index contributed by atoms with van der Waals surface area (Å²) in [6.45, 7) is 4.90. The minimum absolute atomic E-state index is 0.328. The predicted molar refractivity (Wildman–Crippen MR) is 53.8 cm³/mol. The molecule has 2 rings (SSSR count). The molecule has 0 spiro atoms. The Bertz CT molecular complexity index is 260. The fourth-order valence-corrected chi connectivity index (χ4v) is 1.75. The summed E-state index contributed by atoms with van der Waals surface area (Å²) in [5.74, 6) is 1.55. The third-order valence-electron chi connectivity index (χ3n) is 2.75. The fraction of sp³-hybridized carbons (Fsp3) is 0.700. The first-order valence-corrected chi connectivity index (χ1v) is 5.17. The van der Waals surface area contributed by atoms with Crippen molar-refractivity contribution in [2.75, 3.05) is 13.1 Å². The highest BCUT2D eigenvalue weighted by Gasteiger charge is 2.21. The summed E-state index contributed by atoms with van der Waals surface area (Å²) in [7, 11) is 0. The Morgan fingerprint density at radius 3 is 3.29 bits per heavy atom. The number of aromatic amines is 1. The van der Waals surface area contributed by atoms with Crippen molar-refractivity contribution in [1.82, 2.24) is 15.3 Å². The van der Waals surface area contributed by atoms with Gasteiger partial charge in [-0.25, -0.2) is 4.98 Å². The molecule has 2 N–H and O–H groups in total. The standard InChI is InChI=1S/C10H17N3O/c1-8-2-3-11-6-9(8)14-7-10-12-4-5-13-10/h4-5,8-9,11H,2-3,6-7H2,1H3,(H,12,13). The number of H-pyrrole nitrogens is 1. The van der Waals surface area contributed by atoms with Crippen LogP contribution in [0.1, 0.15) is 19.2 Å². The molecule has 14 heavy (non-hydrogen) atoms. The number of rotatable bonds is 3. The number of imidazole rings is 1. The van der Waals surface area contributed by atoms with Gasteiger partial charge in [0.2, 0.25) is 0 Å². The highest BCUT2D eigenvalue weighted by molar-refractivity contribution is 4.85. The highest BCUT2D eigenvalue weighted by atomic mass is 16.5. The van der Waals surface area contributed by atoms with E-state index in [9.17, 15) is 0 Å². The molecule has 2 unspecified atom stereocenters. The first-order valence-electron chi connectivity index (χ1n) is 5.17. The SMILES string of the molecule is CC1CCNCC1OCc1ncc[nH]1. The Kier molecular flexibility index (Phi) is 3.16. The van der Waals surface area contributed by atoms with E-state index in [0.717, 1.165) is 18.9 Å². The molecule has 0 radical (unpaired) electrons. The summed E-state index contributed by atoms with van der Waals surface area (Å²) in [4.78, 5) is 7.16. The van der Waals surface area contributed by atoms with Gasteiger partial charge < -0.3 is 15.0 Å². The van der Waals surface area contributed by atoms with Crippen molar-refractivity contribution >= 4 is 0 Å². The lowest BCUT2D eigenvalue weighted by Gasteiger charge is -2.29. The van der Waals surface area contributed by atoms with E-state index in [4.69, 9.17) is 4.74 Å². The first-order chi connectivity index (χ1) is 6.86. The maximum Gasteiger partial charge on any atom is 0.132 e. The lowest BCUT2D eigenvalue weighted by molar-refractivity contribution is -0.00920. The molecule has 1 fully saturated rings. The summed E-state index contributed by atoms with van der Waals surface area (Å²) in [5, 5.41) is 3.34. The number of hydrogen-bond donors (Lipinski definition) is 2. The van der Waals surface area contributed by atoms with Crippen LogP contribution in [-0.4, -0.2) is 29.2 Å². The highest BCUT2D eigenvalue weighted by Crippen LogP contribution is 2.15. The Morgan fingerprint density at radius 1 is 1.64 bits per heavy atom. The molecule has 78 valence electrons. The molecule has 1 aliphatic rings. The van der Waals surface area contributed by atoms with E-state index in [2.05, 4.69) is 22.2 Å². The van der Waals surface area contributed by atoms with Crippen molar-refractivity contribution < 1.29 is 4.74 Å². The van der Waals surface area contributed by atoms with Crippen molar-refractivity contribution in [1.29, 1.82) is 0 Å². The van der Waals surface area contributed by atoms with Crippen LogP contribution in [0.3, 0.4) is 0 Å². The summed E-state index contributed by atoms with van der Waals surface area (Å²) in [6.07, 6.45) is 5.10.